The summed E-state index contributed by atoms with van der Waals surface area (Å²) < 4.78 is 27.7. The predicted molar refractivity (Wildman–Crippen MR) is 89.1 cm³/mol. The van der Waals surface area contributed by atoms with Gasteiger partial charge in [-0.2, -0.15) is 0 Å². The molecule has 1 fully saturated rings. The second kappa shape index (κ2) is 5.97. The van der Waals surface area contributed by atoms with E-state index in [2.05, 4.69) is 4.98 Å². The van der Waals surface area contributed by atoms with Gasteiger partial charge in [0.2, 0.25) is 0 Å². The van der Waals surface area contributed by atoms with Gasteiger partial charge in [0.25, 0.3) is 5.91 Å². The van der Waals surface area contributed by atoms with E-state index in [-0.39, 0.29) is 24.4 Å². The van der Waals surface area contributed by atoms with Crippen molar-refractivity contribution in [1.29, 1.82) is 0 Å². The molecule has 1 aromatic heterocycles. The van der Waals surface area contributed by atoms with E-state index in [1.54, 1.807) is 18.3 Å². The molecule has 1 saturated heterocycles. The third kappa shape index (κ3) is 2.78. The van der Waals surface area contributed by atoms with Crippen molar-refractivity contribution in [3.63, 3.8) is 0 Å². The Morgan fingerprint density at radius 2 is 2.00 bits per heavy atom. The Hall–Kier alpha value is -2.73. The van der Waals surface area contributed by atoms with Crippen molar-refractivity contribution in [2.45, 2.75) is 18.6 Å². The van der Waals surface area contributed by atoms with Gasteiger partial charge in [-0.3, -0.25) is 4.79 Å². The third-order valence-electron chi connectivity index (χ3n) is 4.66. The highest BCUT2D eigenvalue weighted by atomic mass is 19.1. The molecule has 0 aliphatic carbocycles. The summed E-state index contributed by atoms with van der Waals surface area (Å²) in [6.45, 7) is 0.0855. The molecule has 0 bridgehead atoms. The van der Waals surface area contributed by atoms with Crippen LogP contribution in [-0.4, -0.2) is 33.5 Å². The number of rotatable bonds is 2. The number of hydrogen-bond donors (Lipinski definition) is 2. The van der Waals surface area contributed by atoms with Crippen LogP contribution in [0.4, 0.5) is 8.78 Å². The maximum Gasteiger partial charge on any atom is 0.254 e. The van der Waals surface area contributed by atoms with Crippen molar-refractivity contribution in [1.82, 2.24) is 9.88 Å². The molecule has 4 rings (SSSR count). The van der Waals surface area contributed by atoms with E-state index in [0.29, 0.717) is 5.56 Å². The first-order chi connectivity index (χ1) is 12.0. The molecule has 128 valence electrons. The van der Waals surface area contributed by atoms with E-state index in [4.69, 9.17) is 0 Å². The number of benzene rings is 2. The molecule has 0 saturated carbocycles. The van der Waals surface area contributed by atoms with E-state index in [0.717, 1.165) is 29.1 Å². The number of aromatic amines is 1. The van der Waals surface area contributed by atoms with E-state index >= 15 is 0 Å². The van der Waals surface area contributed by atoms with Gasteiger partial charge in [0.05, 0.1) is 12.1 Å². The van der Waals surface area contributed by atoms with E-state index < -0.39 is 23.8 Å². The fourth-order valence-electron chi connectivity index (χ4n) is 3.45. The van der Waals surface area contributed by atoms with Gasteiger partial charge in [-0.25, -0.2) is 8.78 Å². The van der Waals surface area contributed by atoms with E-state index in [9.17, 15) is 18.7 Å². The number of nitrogens with one attached hydrogen (secondary N) is 1. The Bertz CT molecular complexity index is 954. The van der Waals surface area contributed by atoms with E-state index in [1.807, 2.05) is 12.1 Å². The summed E-state index contributed by atoms with van der Waals surface area (Å²) in [4.78, 5) is 17.4. The first-order valence-corrected chi connectivity index (χ1v) is 8.04. The summed E-state index contributed by atoms with van der Waals surface area (Å²) in [6, 6.07) is 9.61. The highest BCUT2D eigenvalue weighted by Gasteiger charge is 2.37. The van der Waals surface area contributed by atoms with Crippen molar-refractivity contribution in [3.8, 4) is 0 Å². The number of amides is 1. The first kappa shape index (κ1) is 15.8. The second-order valence-corrected chi connectivity index (χ2v) is 6.31. The minimum atomic E-state index is -0.772. The van der Waals surface area contributed by atoms with Crippen LogP contribution in [0.5, 0.6) is 0 Å². The maximum atomic E-state index is 14.2. The molecule has 25 heavy (non-hydrogen) atoms. The SMILES string of the molecule is O=C(c1ccc2cc[nH]c2c1)N1CC(O)CC1c1cc(F)ccc1F. The standard InChI is InChI=1S/C19H16F2N2O2/c20-13-3-4-16(21)15(8-13)18-9-14(24)10-23(18)19(25)12-2-1-11-5-6-22-17(11)7-12/h1-8,14,18,22,24H,9-10H2. The number of aliphatic hydroxyl groups excluding tert-OH is 1. The Morgan fingerprint density at radius 3 is 2.84 bits per heavy atom. The number of aromatic nitrogens is 1. The van der Waals surface area contributed by atoms with Crippen molar-refractivity contribution in [2.75, 3.05) is 6.54 Å². The number of hydrogen-bond acceptors (Lipinski definition) is 2. The van der Waals surface area contributed by atoms with Gasteiger partial charge in [0, 0.05) is 29.4 Å². The molecular formula is C19H16F2N2O2. The van der Waals surface area contributed by atoms with Gasteiger partial charge < -0.3 is 15.0 Å². The van der Waals surface area contributed by atoms with Crippen molar-refractivity contribution in [3.05, 3.63) is 71.4 Å². The minimum absolute atomic E-state index is 0.0855. The Labute approximate surface area is 142 Å². The zero-order valence-electron chi connectivity index (χ0n) is 13.2. The van der Waals surface area contributed by atoms with Gasteiger partial charge >= 0.3 is 0 Å². The highest BCUT2D eigenvalue weighted by molar-refractivity contribution is 5.98. The average molecular weight is 342 g/mol. The van der Waals surface area contributed by atoms with Crippen molar-refractivity contribution >= 4 is 16.8 Å². The van der Waals surface area contributed by atoms with Crippen LogP contribution in [-0.2, 0) is 0 Å². The lowest BCUT2D eigenvalue weighted by molar-refractivity contribution is 0.0714. The summed E-state index contributed by atoms with van der Waals surface area (Å²) in [5.74, 6) is -1.47. The van der Waals surface area contributed by atoms with Gasteiger partial charge in [0.15, 0.2) is 0 Å². The number of aliphatic hydroxyl groups is 1. The smallest absolute Gasteiger partial charge is 0.254 e. The molecule has 2 atom stereocenters. The Balaban J connectivity index is 1.71. The lowest BCUT2D eigenvalue weighted by Crippen LogP contribution is -2.32. The molecule has 2 N–H and O–H groups in total. The largest absolute Gasteiger partial charge is 0.391 e. The molecule has 1 aliphatic heterocycles. The fraction of sp³-hybridized carbons (Fsp3) is 0.211. The van der Waals surface area contributed by atoms with E-state index in [1.165, 1.54) is 4.90 Å². The van der Waals surface area contributed by atoms with Crippen LogP contribution < -0.4 is 0 Å². The molecule has 0 radical (unpaired) electrons. The second-order valence-electron chi connectivity index (χ2n) is 6.31. The highest BCUT2D eigenvalue weighted by Crippen LogP contribution is 2.35. The average Bonchev–Trinajstić information content (AvgIpc) is 3.22. The summed E-state index contributed by atoms with van der Waals surface area (Å²) in [6.07, 6.45) is 1.19. The van der Waals surface area contributed by atoms with Crippen LogP contribution in [0, 0.1) is 11.6 Å². The monoisotopic (exact) mass is 342 g/mol. The maximum absolute atomic E-state index is 14.2. The zero-order valence-corrected chi connectivity index (χ0v) is 13.2. The summed E-state index contributed by atoms with van der Waals surface area (Å²) >= 11 is 0. The van der Waals surface area contributed by atoms with Crippen LogP contribution in [0.1, 0.15) is 28.4 Å². The number of carbonyl (C=O) groups is 1. The van der Waals surface area contributed by atoms with Crippen LogP contribution in [0.2, 0.25) is 0 Å². The van der Waals surface area contributed by atoms with Crippen molar-refractivity contribution in [2.24, 2.45) is 0 Å². The predicted octanol–water partition coefficient (Wildman–Crippen LogP) is 3.39. The molecule has 6 heteroatoms. The number of β-amino-alcohol motifs (C(OH)–C–C–N with tert-alkyl or cyclic N) is 1. The number of halogens is 2. The van der Waals surface area contributed by atoms with Crippen LogP contribution in [0.15, 0.2) is 48.7 Å². The van der Waals surface area contributed by atoms with Gasteiger partial charge in [0.1, 0.15) is 11.6 Å². The number of likely N-dealkylation sites (tertiary alicyclic amines) is 1. The van der Waals surface area contributed by atoms with Crippen molar-refractivity contribution < 1.29 is 18.7 Å². The molecular weight excluding hydrogens is 326 g/mol. The zero-order chi connectivity index (χ0) is 17.6. The Morgan fingerprint density at radius 1 is 1.16 bits per heavy atom. The molecule has 1 amide bonds. The lowest BCUT2D eigenvalue weighted by atomic mass is 10.0. The number of nitrogens with zero attached hydrogens (tertiary/aromatic N) is 1. The number of H-pyrrole nitrogens is 1. The normalized spacial score (nSPS) is 20.4. The molecule has 4 nitrogen and oxygen atoms in total. The number of fused-ring (bicyclic) bond motifs is 1. The summed E-state index contributed by atoms with van der Waals surface area (Å²) in [5, 5.41) is 11.0. The first-order valence-electron chi connectivity index (χ1n) is 8.04. The molecule has 2 unspecified atom stereocenters. The quantitative estimate of drug-likeness (QED) is 0.750. The van der Waals surface area contributed by atoms with Crippen LogP contribution in [0.3, 0.4) is 0 Å². The molecule has 3 aromatic rings. The third-order valence-corrected chi connectivity index (χ3v) is 4.66. The van der Waals surface area contributed by atoms with Crippen LogP contribution >= 0.6 is 0 Å². The molecule has 1 aliphatic rings. The minimum Gasteiger partial charge on any atom is -0.391 e. The molecule has 2 heterocycles. The topological polar surface area (TPSA) is 56.3 Å². The van der Waals surface area contributed by atoms with Gasteiger partial charge in [-0.15, -0.1) is 0 Å². The Kier molecular flexibility index (Phi) is 3.77. The fourth-order valence-corrected chi connectivity index (χ4v) is 3.45. The summed E-state index contributed by atoms with van der Waals surface area (Å²) in [7, 11) is 0. The van der Waals surface area contributed by atoms with Gasteiger partial charge in [-0.1, -0.05) is 6.07 Å². The summed E-state index contributed by atoms with van der Waals surface area (Å²) in [5.41, 5.74) is 1.34. The van der Waals surface area contributed by atoms with Crippen LogP contribution in [0.25, 0.3) is 10.9 Å². The lowest BCUT2D eigenvalue weighted by Gasteiger charge is -2.25. The van der Waals surface area contributed by atoms with Gasteiger partial charge in [-0.05, 0) is 48.2 Å². The molecule has 0 spiro atoms. The number of carbonyl (C=O) groups excluding carboxylic acids is 1. The molecule has 2 aromatic carbocycles.